The molecule has 0 bridgehead atoms. The number of nitrogens with one attached hydrogen (secondary N) is 1. The maximum absolute atomic E-state index is 17.5. The number of benzene rings is 6. The third-order valence-corrected chi connectivity index (χ3v) is 11.3. The van der Waals surface area contributed by atoms with E-state index in [9.17, 15) is 5.11 Å². The number of halogens is 1. The Balaban J connectivity index is 1.15. The zero-order valence-electron chi connectivity index (χ0n) is 31.8. The van der Waals surface area contributed by atoms with Gasteiger partial charge in [0.15, 0.2) is 11.2 Å². The Morgan fingerprint density at radius 1 is 0.621 bits per heavy atom. The van der Waals surface area contributed by atoms with Gasteiger partial charge in [-0.2, -0.15) is 9.97 Å². The quantitative estimate of drug-likeness (QED) is 0.120. The van der Waals surface area contributed by atoms with Crippen LogP contribution in [0, 0.1) is 0 Å². The van der Waals surface area contributed by atoms with Crippen molar-refractivity contribution in [1.82, 2.24) is 19.5 Å². The smallest absolute Gasteiger partial charge is 0.246 e. The largest absolute Gasteiger partial charge is 0.479 e. The Morgan fingerprint density at radius 2 is 1.03 bits per heavy atom. The molecule has 8 aromatic rings. The number of anilines is 1. The SMILES string of the molecule is COc1nc(NC(c2ccccc2)(c2ccccc2)c2ccccc2)nc2c1ncn2[C@H]1C[C@@H](O)[C@H](OC(c2ccccc2)(c2ccccc2)c2ccccc2)[C@H]1F. The van der Waals surface area contributed by atoms with Crippen LogP contribution >= 0.6 is 0 Å². The summed E-state index contributed by atoms with van der Waals surface area (Å²) in [4.78, 5) is 14.5. The van der Waals surface area contributed by atoms with E-state index < -0.39 is 35.6 Å². The molecular weight excluding hydrogens is 726 g/mol. The molecule has 0 amide bonds. The topological polar surface area (TPSA) is 94.3 Å². The standard InChI is InChI=1S/C49H42FN5O3/c1-57-46-43-45(52-47(53-46)54-48(34-20-8-2-9-21-34,35-22-10-3-11-23-35)36-24-12-4-13-25-36)55(33-51-43)40-32-41(56)44(42(40)50)58-49(37-26-14-5-15-27-37,38-28-16-6-17-29-38)39-30-18-7-19-31-39/h2-31,33,40-42,44,56H,32H2,1H3,(H,52,53,54)/t40-,41+,42-,44-/m0/s1. The zero-order valence-corrected chi connectivity index (χ0v) is 31.8. The third-order valence-electron chi connectivity index (χ3n) is 11.3. The van der Waals surface area contributed by atoms with E-state index in [4.69, 9.17) is 19.4 Å². The van der Waals surface area contributed by atoms with E-state index in [2.05, 4.69) is 46.7 Å². The summed E-state index contributed by atoms with van der Waals surface area (Å²) in [6, 6.07) is 58.9. The molecule has 1 aliphatic rings. The maximum atomic E-state index is 17.5. The van der Waals surface area contributed by atoms with Gasteiger partial charge in [-0.1, -0.05) is 182 Å². The van der Waals surface area contributed by atoms with Crippen molar-refractivity contribution in [3.8, 4) is 5.88 Å². The fourth-order valence-corrected chi connectivity index (χ4v) is 8.56. The van der Waals surface area contributed by atoms with Crippen LogP contribution in [0.3, 0.4) is 0 Å². The molecule has 2 N–H and O–H groups in total. The molecule has 2 aromatic heterocycles. The van der Waals surface area contributed by atoms with E-state index in [0.29, 0.717) is 11.2 Å². The minimum Gasteiger partial charge on any atom is -0.479 e. The Bertz CT molecular complexity index is 2390. The van der Waals surface area contributed by atoms with Crippen molar-refractivity contribution in [2.24, 2.45) is 0 Å². The minimum absolute atomic E-state index is 0.0583. The van der Waals surface area contributed by atoms with E-state index in [1.807, 2.05) is 146 Å². The second kappa shape index (κ2) is 15.7. The zero-order chi connectivity index (χ0) is 39.5. The van der Waals surface area contributed by atoms with Gasteiger partial charge in [0.05, 0.1) is 25.6 Å². The third kappa shape index (κ3) is 6.38. The van der Waals surface area contributed by atoms with Crippen LogP contribution in [0.5, 0.6) is 5.88 Å². The number of aliphatic hydroxyl groups is 1. The van der Waals surface area contributed by atoms with Gasteiger partial charge in [0.25, 0.3) is 0 Å². The first kappa shape index (κ1) is 36.9. The highest BCUT2D eigenvalue weighted by Gasteiger charge is 2.51. The molecule has 4 atom stereocenters. The summed E-state index contributed by atoms with van der Waals surface area (Å²) in [7, 11) is 1.53. The number of nitrogens with zero attached hydrogens (tertiary/aromatic N) is 4. The molecule has 6 aromatic carbocycles. The Morgan fingerprint density at radius 3 is 1.45 bits per heavy atom. The first-order valence-corrected chi connectivity index (χ1v) is 19.4. The molecule has 58 heavy (non-hydrogen) atoms. The number of aliphatic hydroxyl groups excluding tert-OH is 1. The van der Waals surface area contributed by atoms with Crippen LogP contribution < -0.4 is 10.1 Å². The number of fused-ring (bicyclic) bond motifs is 1. The monoisotopic (exact) mass is 767 g/mol. The molecule has 288 valence electrons. The summed E-state index contributed by atoms with van der Waals surface area (Å²) in [6.07, 6.45) is -2.42. The normalized spacial score (nSPS) is 18.3. The number of imidazole rings is 1. The fraction of sp³-hybridized carbons (Fsp3) is 0.163. The average molecular weight is 768 g/mol. The van der Waals surface area contributed by atoms with Gasteiger partial charge in [0, 0.05) is 0 Å². The van der Waals surface area contributed by atoms with Gasteiger partial charge in [0.1, 0.15) is 23.4 Å². The van der Waals surface area contributed by atoms with Crippen LogP contribution in [0.2, 0.25) is 0 Å². The molecule has 9 rings (SSSR count). The highest BCUT2D eigenvalue weighted by atomic mass is 19.1. The summed E-state index contributed by atoms with van der Waals surface area (Å²) in [5.74, 6) is 0.480. The van der Waals surface area contributed by atoms with E-state index in [0.717, 1.165) is 33.4 Å². The number of hydrogen-bond donors (Lipinski definition) is 2. The van der Waals surface area contributed by atoms with Crippen molar-refractivity contribution in [3.05, 3.63) is 222 Å². The Kier molecular flexibility index (Phi) is 9.99. The highest BCUT2D eigenvalue weighted by Crippen LogP contribution is 2.47. The van der Waals surface area contributed by atoms with Crippen molar-refractivity contribution in [1.29, 1.82) is 0 Å². The second-order valence-corrected chi connectivity index (χ2v) is 14.5. The second-order valence-electron chi connectivity index (χ2n) is 14.5. The van der Waals surface area contributed by atoms with Crippen molar-refractivity contribution in [2.45, 2.75) is 42.0 Å². The Hall–Kier alpha value is -6.68. The average Bonchev–Trinajstić information content (AvgIpc) is 3.84. The summed E-state index contributed by atoms with van der Waals surface area (Å²) in [6.45, 7) is 0. The van der Waals surface area contributed by atoms with Crippen LogP contribution in [0.4, 0.5) is 10.3 Å². The van der Waals surface area contributed by atoms with E-state index >= 15 is 4.39 Å². The Labute approximate surface area is 336 Å². The number of ether oxygens (including phenoxy) is 2. The van der Waals surface area contributed by atoms with Crippen LogP contribution in [-0.4, -0.2) is 50.1 Å². The van der Waals surface area contributed by atoms with Crippen molar-refractivity contribution < 1.29 is 19.0 Å². The molecule has 0 unspecified atom stereocenters. The molecule has 0 radical (unpaired) electrons. The lowest BCUT2D eigenvalue weighted by Gasteiger charge is -2.39. The van der Waals surface area contributed by atoms with E-state index in [-0.39, 0.29) is 18.2 Å². The molecular formula is C49H42FN5O3. The van der Waals surface area contributed by atoms with E-state index in [1.165, 1.54) is 7.11 Å². The predicted octanol–water partition coefficient (Wildman–Crippen LogP) is 9.26. The summed E-state index contributed by atoms with van der Waals surface area (Å²) < 4.78 is 32.1. The van der Waals surface area contributed by atoms with Gasteiger partial charge in [-0.3, -0.25) is 0 Å². The lowest BCUT2D eigenvalue weighted by Crippen LogP contribution is -2.43. The molecule has 1 fully saturated rings. The van der Waals surface area contributed by atoms with Crippen LogP contribution in [0.1, 0.15) is 45.8 Å². The van der Waals surface area contributed by atoms with Gasteiger partial charge in [0.2, 0.25) is 11.8 Å². The molecule has 2 heterocycles. The lowest BCUT2D eigenvalue weighted by atomic mass is 9.77. The summed E-state index contributed by atoms with van der Waals surface area (Å²) in [5.41, 5.74) is 3.90. The summed E-state index contributed by atoms with van der Waals surface area (Å²) in [5, 5.41) is 15.5. The minimum atomic E-state index is -1.66. The number of aromatic nitrogens is 4. The molecule has 0 spiro atoms. The fourth-order valence-electron chi connectivity index (χ4n) is 8.56. The molecule has 1 saturated carbocycles. The van der Waals surface area contributed by atoms with Gasteiger partial charge in [-0.05, 0) is 39.8 Å². The summed E-state index contributed by atoms with van der Waals surface area (Å²) >= 11 is 0. The predicted molar refractivity (Wildman–Crippen MR) is 223 cm³/mol. The number of hydrogen-bond acceptors (Lipinski definition) is 7. The van der Waals surface area contributed by atoms with Gasteiger partial charge < -0.3 is 24.5 Å². The van der Waals surface area contributed by atoms with E-state index in [1.54, 1.807) is 10.9 Å². The molecule has 9 heteroatoms. The molecule has 1 aliphatic carbocycles. The molecule has 0 saturated heterocycles. The maximum Gasteiger partial charge on any atom is 0.246 e. The number of rotatable bonds is 12. The van der Waals surface area contributed by atoms with Crippen LogP contribution in [-0.2, 0) is 15.9 Å². The van der Waals surface area contributed by atoms with Crippen molar-refractivity contribution in [2.75, 3.05) is 12.4 Å². The van der Waals surface area contributed by atoms with Gasteiger partial charge in [-0.25, -0.2) is 9.37 Å². The van der Waals surface area contributed by atoms with Gasteiger partial charge in [-0.15, -0.1) is 0 Å². The van der Waals surface area contributed by atoms with Gasteiger partial charge >= 0.3 is 0 Å². The highest BCUT2D eigenvalue weighted by molar-refractivity contribution is 5.78. The van der Waals surface area contributed by atoms with Crippen molar-refractivity contribution in [3.63, 3.8) is 0 Å². The van der Waals surface area contributed by atoms with Crippen molar-refractivity contribution >= 4 is 17.1 Å². The number of alkyl halides is 1. The van der Waals surface area contributed by atoms with Crippen LogP contribution in [0.15, 0.2) is 188 Å². The molecule has 0 aliphatic heterocycles. The van der Waals surface area contributed by atoms with Crippen LogP contribution in [0.25, 0.3) is 11.2 Å². The molecule has 8 nitrogen and oxygen atoms in total. The number of methoxy groups -OCH3 is 1. The first-order valence-electron chi connectivity index (χ1n) is 19.4. The lowest BCUT2D eigenvalue weighted by molar-refractivity contribution is -0.112. The first-order chi connectivity index (χ1) is 28.5.